The fraction of sp³-hybridized carbons (Fsp3) is 0.476. The average Bonchev–Trinajstić information content (AvgIpc) is 2.62. The Labute approximate surface area is 145 Å². The van der Waals surface area contributed by atoms with Crippen molar-refractivity contribution in [2.45, 2.75) is 59.0 Å². The Balaban J connectivity index is 2.44. The normalized spacial score (nSPS) is 17.3. The molecule has 1 unspecified atom stereocenters. The molecule has 1 aromatic carbocycles. The van der Waals surface area contributed by atoms with Crippen LogP contribution in [0.3, 0.4) is 0 Å². The minimum Gasteiger partial charge on any atom is -0.490 e. The van der Waals surface area contributed by atoms with Gasteiger partial charge in [0.15, 0.2) is 0 Å². The fourth-order valence-corrected chi connectivity index (χ4v) is 2.90. The molecule has 1 aliphatic heterocycles. The van der Waals surface area contributed by atoms with Gasteiger partial charge in [-0.3, -0.25) is 0 Å². The Hall–Kier alpha value is -2.03. The van der Waals surface area contributed by atoms with Gasteiger partial charge in [0.2, 0.25) is 0 Å². The zero-order valence-electron chi connectivity index (χ0n) is 15.0. The highest BCUT2D eigenvalue weighted by Gasteiger charge is 2.29. The van der Waals surface area contributed by atoms with Crippen LogP contribution in [0.15, 0.2) is 47.7 Å². The van der Waals surface area contributed by atoms with Gasteiger partial charge in [-0.05, 0) is 37.0 Å². The molecule has 0 aromatic heterocycles. The number of rotatable bonds is 8. The summed E-state index contributed by atoms with van der Waals surface area (Å²) < 4.78 is 11.4. The summed E-state index contributed by atoms with van der Waals surface area (Å²) in [6, 6.07) is 10.0. The van der Waals surface area contributed by atoms with Gasteiger partial charge in [-0.25, -0.2) is 4.79 Å². The Kier molecular flexibility index (Phi) is 7.10. The third-order valence-electron chi connectivity index (χ3n) is 4.17. The molecule has 0 saturated carbocycles. The highest BCUT2D eigenvalue weighted by atomic mass is 16.5. The molecule has 0 amide bonds. The molecule has 0 spiro atoms. The molecule has 2 rings (SSSR count). The molecule has 1 aliphatic rings. The molecular formula is C21H28O3. The molecule has 0 bridgehead atoms. The number of allylic oxidation sites excluding steroid dienone is 1. The number of hydrogen-bond acceptors (Lipinski definition) is 3. The topological polar surface area (TPSA) is 35.5 Å². The quantitative estimate of drug-likeness (QED) is 0.481. The van der Waals surface area contributed by atoms with E-state index in [4.69, 9.17) is 9.47 Å². The van der Waals surface area contributed by atoms with Crippen LogP contribution in [0.25, 0.3) is 5.57 Å². The second-order valence-corrected chi connectivity index (χ2v) is 5.99. The van der Waals surface area contributed by atoms with Crippen molar-refractivity contribution in [3.05, 3.63) is 53.3 Å². The lowest BCUT2D eigenvalue weighted by Gasteiger charge is -2.27. The number of ether oxygens (including phenoxy) is 2. The Morgan fingerprint density at radius 2 is 1.88 bits per heavy atom. The molecular weight excluding hydrogens is 300 g/mol. The van der Waals surface area contributed by atoms with Crippen molar-refractivity contribution in [1.82, 2.24) is 0 Å². The van der Waals surface area contributed by atoms with Gasteiger partial charge in [-0.2, -0.15) is 0 Å². The summed E-state index contributed by atoms with van der Waals surface area (Å²) in [5.41, 5.74) is 2.58. The van der Waals surface area contributed by atoms with Crippen molar-refractivity contribution in [3.8, 4) is 0 Å². The van der Waals surface area contributed by atoms with Crippen molar-refractivity contribution >= 4 is 11.5 Å². The van der Waals surface area contributed by atoms with Gasteiger partial charge in [0.05, 0.1) is 6.61 Å². The van der Waals surface area contributed by atoms with E-state index in [1.807, 2.05) is 37.3 Å². The molecule has 130 valence electrons. The number of unbranched alkanes of at least 4 members (excludes halogenated alkanes) is 2. The van der Waals surface area contributed by atoms with Gasteiger partial charge in [0.25, 0.3) is 0 Å². The maximum Gasteiger partial charge on any atom is 0.342 e. The number of benzene rings is 1. The van der Waals surface area contributed by atoms with Crippen LogP contribution >= 0.6 is 0 Å². The van der Waals surface area contributed by atoms with E-state index in [2.05, 4.69) is 19.9 Å². The van der Waals surface area contributed by atoms with Crippen molar-refractivity contribution in [3.63, 3.8) is 0 Å². The highest BCUT2D eigenvalue weighted by molar-refractivity contribution is 6.07. The van der Waals surface area contributed by atoms with Gasteiger partial charge >= 0.3 is 5.97 Å². The lowest BCUT2D eigenvalue weighted by molar-refractivity contribution is -0.138. The van der Waals surface area contributed by atoms with Gasteiger partial charge in [-0.15, -0.1) is 0 Å². The molecule has 0 fully saturated rings. The molecule has 0 N–H and O–H groups in total. The lowest BCUT2D eigenvalue weighted by atomic mass is 9.91. The molecule has 24 heavy (non-hydrogen) atoms. The highest BCUT2D eigenvalue weighted by Crippen LogP contribution is 2.35. The largest absolute Gasteiger partial charge is 0.490 e. The molecule has 0 radical (unpaired) electrons. The first-order valence-electron chi connectivity index (χ1n) is 9.05. The van der Waals surface area contributed by atoms with E-state index in [9.17, 15) is 4.79 Å². The molecule has 3 nitrogen and oxygen atoms in total. The van der Waals surface area contributed by atoms with E-state index in [0.717, 1.165) is 49.0 Å². The van der Waals surface area contributed by atoms with Gasteiger partial charge in [-0.1, -0.05) is 57.0 Å². The predicted octanol–water partition coefficient (Wildman–Crippen LogP) is 5.28. The van der Waals surface area contributed by atoms with Crippen LogP contribution in [-0.2, 0) is 14.3 Å². The zero-order chi connectivity index (χ0) is 17.4. The van der Waals surface area contributed by atoms with Crippen molar-refractivity contribution in [2.24, 2.45) is 0 Å². The van der Waals surface area contributed by atoms with Crippen molar-refractivity contribution in [1.29, 1.82) is 0 Å². The second-order valence-electron chi connectivity index (χ2n) is 5.99. The average molecular weight is 328 g/mol. The predicted molar refractivity (Wildman–Crippen MR) is 97.4 cm³/mol. The van der Waals surface area contributed by atoms with E-state index in [0.29, 0.717) is 12.2 Å². The molecule has 1 heterocycles. The van der Waals surface area contributed by atoms with Crippen molar-refractivity contribution in [2.75, 3.05) is 6.61 Å². The number of hydrogen-bond donors (Lipinski definition) is 0. The third kappa shape index (κ3) is 4.50. The number of carbonyl (C=O) groups is 1. The van der Waals surface area contributed by atoms with Crippen LogP contribution in [0.1, 0.15) is 58.4 Å². The van der Waals surface area contributed by atoms with E-state index < -0.39 is 0 Å². The SMILES string of the molecule is CCCCCC1=C(C(=O)OCC)C(c2ccccc2)=CC(CC)O1. The Bertz CT molecular complexity index is 599. The summed E-state index contributed by atoms with van der Waals surface area (Å²) in [5, 5.41) is 0. The maximum absolute atomic E-state index is 12.6. The van der Waals surface area contributed by atoms with Crippen molar-refractivity contribution < 1.29 is 14.3 Å². The van der Waals surface area contributed by atoms with E-state index in [1.165, 1.54) is 0 Å². The van der Waals surface area contributed by atoms with Gasteiger partial charge < -0.3 is 9.47 Å². The van der Waals surface area contributed by atoms with Gasteiger partial charge in [0.1, 0.15) is 17.4 Å². The first-order valence-corrected chi connectivity index (χ1v) is 9.05. The second kappa shape index (κ2) is 9.31. The molecule has 0 aliphatic carbocycles. The minimum absolute atomic E-state index is 0.00927. The van der Waals surface area contributed by atoms with Crippen LogP contribution in [-0.4, -0.2) is 18.7 Å². The van der Waals surface area contributed by atoms with Crippen LogP contribution in [0.4, 0.5) is 0 Å². The smallest absolute Gasteiger partial charge is 0.342 e. The van der Waals surface area contributed by atoms with Crippen LogP contribution < -0.4 is 0 Å². The summed E-state index contributed by atoms with van der Waals surface area (Å²) >= 11 is 0. The lowest BCUT2D eigenvalue weighted by Crippen LogP contribution is -2.22. The summed E-state index contributed by atoms with van der Waals surface area (Å²) in [6.07, 6.45) is 7.02. The van der Waals surface area contributed by atoms with E-state index in [-0.39, 0.29) is 12.1 Å². The van der Waals surface area contributed by atoms with E-state index >= 15 is 0 Å². The first kappa shape index (κ1) is 18.3. The third-order valence-corrected chi connectivity index (χ3v) is 4.17. The molecule has 1 aromatic rings. The minimum atomic E-state index is -0.284. The summed E-state index contributed by atoms with van der Waals surface area (Å²) in [6.45, 7) is 6.47. The van der Waals surface area contributed by atoms with Crippen LogP contribution in [0.2, 0.25) is 0 Å². The Morgan fingerprint density at radius 3 is 2.50 bits per heavy atom. The summed E-state index contributed by atoms with van der Waals surface area (Å²) in [4.78, 5) is 12.6. The summed E-state index contributed by atoms with van der Waals surface area (Å²) in [5.74, 6) is 0.503. The fourth-order valence-electron chi connectivity index (χ4n) is 2.90. The molecule has 1 atom stereocenters. The van der Waals surface area contributed by atoms with E-state index in [1.54, 1.807) is 0 Å². The standard InChI is InChI=1S/C21H28O3/c1-4-7-9-14-19-20(21(22)23-6-3)18(15-17(5-2)24-19)16-12-10-8-11-13-16/h8,10-13,15,17H,4-7,9,14H2,1-3H3. The van der Waals surface area contributed by atoms with Gasteiger partial charge in [0, 0.05) is 6.42 Å². The molecule has 0 saturated heterocycles. The maximum atomic E-state index is 12.6. The van der Waals surface area contributed by atoms with Crippen LogP contribution in [0.5, 0.6) is 0 Å². The Morgan fingerprint density at radius 1 is 1.12 bits per heavy atom. The monoisotopic (exact) mass is 328 g/mol. The van der Waals surface area contributed by atoms with Crippen LogP contribution in [0, 0.1) is 0 Å². The summed E-state index contributed by atoms with van der Waals surface area (Å²) in [7, 11) is 0. The number of carbonyl (C=O) groups excluding carboxylic acids is 1. The number of esters is 1. The molecule has 3 heteroatoms. The first-order chi connectivity index (χ1) is 11.7. The zero-order valence-corrected chi connectivity index (χ0v) is 15.0.